The van der Waals surface area contributed by atoms with Crippen molar-refractivity contribution in [2.75, 3.05) is 5.32 Å². The van der Waals surface area contributed by atoms with Crippen molar-refractivity contribution >= 4 is 17.5 Å². The molecule has 4 aromatic rings. The van der Waals surface area contributed by atoms with Crippen LogP contribution in [0, 0.1) is 5.82 Å². The molecule has 6 nitrogen and oxygen atoms in total. The highest BCUT2D eigenvalue weighted by Gasteiger charge is 2.21. The second-order valence-electron chi connectivity index (χ2n) is 7.25. The number of aromatic nitrogens is 2. The van der Waals surface area contributed by atoms with Gasteiger partial charge in [0, 0.05) is 36.3 Å². The molecule has 32 heavy (non-hydrogen) atoms. The van der Waals surface area contributed by atoms with E-state index in [0.29, 0.717) is 28.2 Å². The number of hydrogen-bond acceptors (Lipinski definition) is 3. The Morgan fingerprint density at radius 1 is 0.875 bits per heavy atom. The van der Waals surface area contributed by atoms with Gasteiger partial charge in [0.25, 0.3) is 11.8 Å². The number of carbonyl (C=O) groups is 2. The number of benzene rings is 3. The molecule has 160 valence electrons. The number of aryl methyl sites for hydroxylation is 1. The third-order valence-electron chi connectivity index (χ3n) is 5.04. The summed E-state index contributed by atoms with van der Waals surface area (Å²) < 4.78 is 15.2. The SMILES string of the molecule is Cn1ccnc1[C@H](NC(=O)c1ccc(NC(=O)c2ccccc2)cc1)c1ccc(F)cc1. The zero-order valence-electron chi connectivity index (χ0n) is 17.3. The van der Waals surface area contributed by atoms with Gasteiger partial charge in [0.05, 0.1) is 0 Å². The van der Waals surface area contributed by atoms with E-state index in [1.807, 2.05) is 13.1 Å². The molecule has 3 aromatic carbocycles. The Bertz CT molecular complexity index is 1220. The van der Waals surface area contributed by atoms with Crippen molar-refractivity contribution in [3.63, 3.8) is 0 Å². The van der Waals surface area contributed by atoms with Gasteiger partial charge in [-0.3, -0.25) is 9.59 Å². The van der Waals surface area contributed by atoms with Crippen molar-refractivity contribution in [3.05, 3.63) is 120 Å². The molecule has 0 bridgehead atoms. The van der Waals surface area contributed by atoms with E-state index in [1.165, 1.54) is 12.1 Å². The molecule has 7 heteroatoms. The first-order valence-corrected chi connectivity index (χ1v) is 10.0. The highest BCUT2D eigenvalue weighted by molar-refractivity contribution is 6.04. The summed E-state index contributed by atoms with van der Waals surface area (Å²) in [4.78, 5) is 29.6. The molecule has 0 aliphatic carbocycles. The van der Waals surface area contributed by atoms with Gasteiger partial charge in [-0.1, -0.05) is 30.3 Å². The molecule has 0 fully saturated rings. The third kappa shape index (κ3) is 4.73. The Morgan fingerprint density at radius 3 is 2.16 bits per heavy atom. The van der Waals surface area contributed by atoms with Gasteiger partial charge in [-0.2, -0.15) is 0 Å². The van der Waals surface area contributed by atoms with Crippen molar-refractivity contribution in [3.8, 4) is 0 Å². The molecular weight excluding hydrogens is 407 g/mol. The Kier molecular flexibility index (Phi) is 6.07. The van der Waals surface area contributed by atoms with E-state index < -0.39 is 6.04 Å². The largest absolute Gasteiger partial charge is 0.338 e. The molecule has 0 saturated carbocycles. The van der Waals surface area contributed by atoms with Crippen LogP contribution in [0.2, 0.25) is 0 Å². The van der Waals surface area contributed by atoms with Crippen molar-refractivity contribution in [1.82, 2.24) is 14.9 Å². The topological polar surface area (TPSA) is 76.0 Å². The molecule has 0 unspecified atom stereocenters. The number of imidazole rings is 1. The highest BCUT2D eigenvalue weighted by Crippen LogP contribution is 2.22. The molecule has 2 amide bonds. The third-order valence-corrected chi connectivity index (χ3v) is 5.04. The summed E-state index contributed by atoms with van der Waals surface area (Å²) in [5, 5.41) is 5.77. The number of nitrogens with zero attached hydrogens (tertiary/aromatic N) is 2. The number of carbonyl (C=O) groups excluding carboxylic acids is 2. The van der Waals surface area contributed by atoms with E-state index in [9.17, 15) is 14.0 Å². The molecule has 0 aliphatic rings. The summed E-state index contributed by atoms with van der Waals surface area (Å²) in [5.74, 6) is -0.277. The lowest BCUT2D eigenvalue weighted by Crippen LogP contribution is -2.31. The van der Waals surface area contributed by atoms with Gasteiger partial charge in [-0.05, 0) is 54.1 Å². The summed E-state index contributed by atoms with van der Waals surface area (Å²) in [6, 6.07) is 20.9. The molecule has 0 aliphatic heterocycles. The lowest BCUT2D eigenvalue weighted by atomic mass is 10.0. The fourth-order valence-corrected chi connectivity index (χ4v) is 3.32. The molecule has 2 N–H and O–H groups in total. The zero-order valence-corrected chi connectivity index (χ0v) is 17.3. The molecule has 0 radical (unpaired) electrons. The zero-order chi connectivity index (χ0) is 22.5. The smallest absolute Gasteiger partial charge is 0.255 e. The molecule has 1 heterocycles. The van der Waals surface area contributed by atoms with E-state index in [2.05, 4.69) is 15.6 Å². The van der Waals surface area contributed by atoms with Crippen molar-refractivity contribution < 1.29 is 14.0 Å². The summed E-state index contributed by atoms with van der Waals surface area (Å²) >= 11 is 0. The van der Waals surface area contributed by atoms with Crippen LogP contribution in [0.3, 0.4) is 0 Å². The fraction of sp³-hybridized carbons (Fsp3) is 0.0800. The van der Waals surface area contributed by atoms with Crippen molar-refractivity contribution in [2.24, 2.45) is 7.05 Å². The van der Waals surface area contributed by atoms with Crippen LogP contribution in [0.5, 0.6) is 0 Å². The molecule has 1 aromatic heterocycles. The molecular formula is C25H21FN4O2. The summed E-state index contributed by atoms with van der Waals surface area (Å²) in [5.41, 5.74) is 2.26. The van der Waals surface area contributed by atoms with Crippen LogP contribution in [-0.4, -0.2) is 21.4 Å². The van der Waals surface area contributed by atoms with E-state index in [4.69, 9.17) is 0 Å². The summed E-state index contributed by atoms with van der Waals surface area (Å²) in [7, 11) is 1.83. The Hall–Kier alpha value is -4.26. The lowest BCUT2D eigenvalue weighted by molar-refractivity contribution is 0.0940. The van der Waals surface area contributed by atoms with Gasteiger partial charge in [-0.15, -0.1) is 0 Å². The van der Waals surface area contributed by atoms with Crippen LogP contribution < -0.4 is 10.6 Å². The van der Waals surface area contributed by atoms with Gasteiger partial charge in [0.1, 0.15) is 17.7 Å². The molecule has 0 saturated heterocycles. The minimum Gasteiger partial charge on any atom is -0.338 e. The monoisotopic (exact) mass is 428 g/mol. The molecule has 1 atom stereocenters. The first kappa shape index (κ1) is 21.0. The Balaban J connectivity index is 1.50. The lowest BCUT2D eigenvalue weighted by Gasteiger charge is -2.19. The van der Waals surface area contributed by atoms with Crippen LogP contribution in [-0.2, 0) is 7.05 Å². The molecule has 0 spiro atoms. The average Bonchev–Trinajstić information content (AvgIpc) is 3.24. The number of halogens is 1. The first-order valence-electron chi connectivity index (χ1n) is 10.0. The van der Waals surface area contributed by atoms with Gasteiger partial charge >= 0.3 is 0 Å². The average molecular weight is 428 g/mol. The normalized spacial score (nSPS) is 11.6. The number of rotatable bonds is 6. The van der Waals surface area contributed by atoms with Crippen LogP contribution in [0.15, 0.2) is 91.3 Å². The maximum atomic E-state index is 13.4. The molecule has 4 rings (SSSR count). The Morgan fingerprint density at radius 2 is 1.53 bits per heavy atom. The summed E-state index contributed by atoms with van der Waals surface area (Å²) in [6.45, 7) is 0. The predicted octanol–water partition coefficient (Wildman–Crippen LogP) is 4.33. The number of anilines is 1. The predicted molar refractivity (Wildman–Crippen MR) is 120 cm³/mol. The second kappa shape index (κ2) is 9.26. The van der Waals surface area contributed by atoms with Gasteiger partial charge in [0.15, 0.2) is 0 Å². The van der Waals surface area contributed by atoms with Gasteiger partial charge in [0.2, 0.25) is 0 Å². The Labute approximate surface area is 184 Å². The maximum Gasteiger partial charge on any atom is 0.255 e. The summed E-state index contributed by atoms with van der Waals surface area (Å²) in [6.07, 6.45) is 3.42. The highest BCUT2D eigenvalue weighted by atomic mass is 19.1. The second-order valence-corrected chi connectivity index (χ2v) is 7.25. The number of amides is 2. The van der Waals surface area contributed by atoms with Crippen LogP contribution in [0.4, 0.5) is 10.1 Å². The van der Waals surface area contributed by atoms with Crippen LogP contribution in [0.1, 0.15) is 38.1 Å². The van der Waals surface area contributed by atoms with Crippen molar-refractivity contribution in [1.29, 1.82) is 0 Å². The quantitative estimate of drug-likeness (QED) is 0.480. The number of hydrogen-bond donors (Lipinski definition) is 2. The fourth-order valence-electron chi connectivity index (χ4n) is 3.32. The van der Waals surface area contributed by atoms with E-state index in [0.717, 1.165) is 0 Å². The minimum absolute atomic E-state index is 0.228. The van der Waals surface area contributed by atoms with E-state index >= 15 is 0 Å². The van der Waals surface area contributed by atoms with E-state index in [1.54, 1.807) is 77.6 Å². The minimum atomic E-state index is -0.555. The number of nitrogens with one attached hydrogen (secondary N) is 2. The van der Waals surface area contributed by atoms with E-state index in [-0.39, 0.29) is 17.6 Å². The standard InChI is InChI=1S/C25H21FN4O2/c1-30-16-15-27-23(30)22(17-7-11-20(26)12-8-17)29-25(32)19-9-13-21(14-10-19)28-24(31)18-5-3-2-4-6-18/h2-16,22H,1H3,(H,28,31)(H,29,32)/t22-/m1/s1. The maximum absolute atomic E-state index is 13.4. The van der Waals surface area contributed by atoms with Crippen molar-refractivity contribution in [2.45, 2.75) is 6.04 Å². The van der Waals surface area contributed by atoms with Gasteiger partial charge < -0.3 is 15.2 Å². The van der Waals surface area contributed by atoms with Gasteiger partial charge in [-0.25, -0.2) is 9.37 Å². The first-order chi connectivity index (χ1) is 15.5. The van der Waals surface area contributed by atoms with Crippen LogP contribution in [0.25, 0.3) is 0 Å². The van der Waals surface area contributed by atoms with Crippen LogP contribution >= 0.6 is 0 Å².